The number of carbonyl (C=O) groups excluding carboxylic acids is 1. The normalized spacial score (nSPS) is 10.9. The van der Waals surface area contributed by atoms with Crippen LogP contribution in [0.3, 0.4) is 0 Å². The van der Waals surface area contributed by atoms with Gasteiger partial charge in [-0.1, -0.05) is 18.2 Å². The average Bonchev–Trinajstić information content (AvgIpc) is 2.52. The highest BCUT2D eigenvalue weighted by Gasteiger charge is 2.14. The number of hydrogen-bond acceptors (Lipinski definition) is 1. The van der Waals surface area contributed by atoms with E-state index in [1.165, 1.54) is 0 Å². The Kier molecular flexibility index (Phi) is 2.53. The minimum Gasteiger partial charge on any atom is -0.283 e. The second-order valence-corrected chi connectivity index (χ2v) is 3.86. The minimum absolute atomic E-state index is 0.0129. The van der Waals surface area contributed by atoms with E-state index in [4.69, 9.17) is 11.6 Å². The molecule has 0 aliphatic carbocycles. The molecule has 0 unspecified atom stereocenters. The van der Waals surface area contributed by atoms with Crippen LogP contribution in [0.5, 0.6) is 0 Å². The second-order valence-electron chi connectivity index (χ2n) is 3.59. The second kappa shape index (κ2) is 3.70. The van der Waals surface area contributed by atoms with Gasteiger partial charge in [0.2, 0.25) is 5.91 Å². The number of nitrogens with zero attached hydrogens (tertiary/aromatic N) is 1. The first kappa shape index (κ1) is 10.2. The number of hydrogen-bond donors (Lipinski definition) is 0. The van der Waals surface area contributed by atoms with Crippen LogP contribution in [0.15, 0.2) is 24.3 Å². The number of carbonyl (C=O) groups is 1. The van der Waals surface area contributed by atoms with Gasteiger partial charge in [-0.3, -0.25) is 9.36 Å². The van der Waals surface area contributed by atoms with Crippen LogP contribution in [0.1, 0.15) is 16.1 Å². The summed E-state index contributed by atoms with van der Waals surface area (Å²) in [6.45, 7) is 3.97. The molecule has 0 N–H and O–H groups in total. The molecule has 78 valence electrons. The fourth-order valence-corrected chi connectivity index (χ4v) is 2.03. The van der Waals surface area contributed by atoms with Crippen molar-refractivity contribution in [1.82, 2.24) is 4.57 Å². The van der Waals surface area contributed by atoms with Crippen LogP contribution in [-0.4, -0.2) is 16.4 Å². The molecule has 0 bridgehead atoms. The standard InChI is InChI=1S/C12H12ClNO/c1-8-9(2)14(12(15)7-13)11-6-4-3-5-10(8)11/h3-6H,7H2,1-2H3. The molecule has 0 saturated heterocycles. The van der Waals surface area contributed by atoms with Crippen molar-refractivity contribution in [1.29, 1.82) is 0 Å². The van der Waals surface area contributed by atoms with Crippen LogP contribution in [-0.2, 0) is 0 Å². The molecule has 0 aliphatic heterocycles. The van der Waals surface area contributed by atoms with Gasteiger partial charge in [-0.15, -0.1) is 11.6 Å². The van der Waals surface area contributed by atoms with Crippen molar-refractivity contribution >= 4 is 28.4 Å². The highest BCUT2D eigenvalue weighted by molar-refractivity contribution is 6.28. The molecule has 0 saturated carbocycles. The largest absolute Gasteiger partial charge is 0.283 e. The number of para-hydroxylation sites is 1. The van der Waals surface area contributed by atoms with Gasteiger partial charge in [-0.05, 0) is 25.5 Å². The van der Waals surface area contributed by atoms with E-state index < -0.39 is 0 Å². The summed E-state index contributed by atoms with van der Waals surface area (Å²) in [4.78, 5) is 11.7. The van der Waals surface area contributed by atoms with Gasteiger partial charge in [0.05, 0.1) is 5.52 Å². The Hall–Kier alpha value is -1.28. The Bertz CT molecular complexity index is 528. The van der Waals surface area contributed by atoms with Crippen LogP contribution in [0.2, 0.25) is 0 Å². The lowest BCUT2D eigenvalue weighted by molar-refractivity contribution is 0.0943. The average molecular weight is 222 g/mol. The van der Waals surface area contributed by atoms with E-state index in [9.17, 15) is 4.79 Å². The van der Waals surface area contributed by atoms with Gasteiger partial charge >= 0.3 is 0 Å². The Morgan fingerprint density at radius 1 is 1.33 bits per heavy atom. The highest BCUT2D eigenvalue weighted by atomic mass is 35.5. The Balaban J connectivity index is 2.83. The lowest BCUT2D eigenvalue weighted by Gasteiger charge is -2.03. The van der Waals surface area contributed by atoms with Gasteiger partial charge in [0, 0.05) is 11.1 Å². The van der Waals surface area contributed by atoms with E-state index in [-0.39, 0.29) is 11.8 Å². The van der Waals surface area contributed by atoms with Crippen molar-refractivity contribution in [2.75, 3.05) is 5.88 Å². The van der Waals surface area contributed by atoms with Crippen LogP contribution >= 0.6 is 11.6 Å². The molecule has 2 nitrogen and oxygen atoms in total. The van der Waals surface area contributed by atoms with Crippen molar-refractivity contribution in [3.8, 4) is 0 Å². The maximum absolute atomic E-state index is 11.7. The summed E-state index contributed by atoms with van der Waals surface area (Å²) >= 11 is 5.60. The van der Waals surface area contributed by atoms with Crippen LogP contribution in [0.4, 0.5) is 0 Å². The molecule has 0 fully saturated rings. The summed E-state index contributed by atoms with van der Waals surface area (Å²) < 4.78 is 1.69. The molecule has 3 heteroatoms. The van der Waals surface area contributed by atoms with Crippen molar-refractivity contribution in [3.63, 3.8) is 0 Å². The van der Waals surface area contributed by atoms with E-state index in [2.05, 4.69) is 0 Å². The molecule has 2 aromatic rings. The summed E-state index contributed by atoms with van der Waals surface area (Å²) in [5, 5.41) is 1.12. The zero-order valence-corrected chi connectivity index (χ0v) is 9.51. The highest BCUT2D eigenvalue weighted by Crippen LogP contribution is 2.24. The molecule has 1 aromatic heterocycles. The quantitative estimate of drug-likeness (QED) is 0.679. The van der Waals surface area contributed by atoms with E-state index >= 15 is 0 Å². The predicted molar refractivity (Wildman–Crippen MR) is 62.8 cm³/mol. The minimum atomic E-state index is -0.0709. The first-order chi connectivity index (χ1) is 7.16. The van der Waals surface area contributed by atoms with Crippen LogP contribution in [0.25, 0.3) is 10.9 Å². The van der Waals surface area contributed by atoms with E-state index in [1.807, 2.05) is 38.1 Å². The first-order valence-electron chi connectivity index (χ1n) is 4.82. The maximum atomic E-state index is 11.7. The number of benzene rings is 1. The predicted octanol–water partition coefficient (Wildman–Crippen LogP) is 3.14. The van der Waals surface area contributed by atoms with Gasteiger partial charge < -0.3 is 0 Å². The lowest BCUT2D eigenvalue weighted by atomic mass is 10.2. The van der Waals surface area contributed by atoms with E-state index in [0.717, 1.165) is 22.2 Å². The van der Waals surface area contributed by atoms with Gasteiger partial charge in [0.25, 0.3) is 0 Å². The fourth-order valence-electron chi connectivity index (χ4n) is 1.91. The van der Waals surface area contributed by atoms with Crippen molar-refractivity contribution in [2.24, 2.45) is 0 Å². The fraction of sp³-hybridized carbons (Fsp3) is 0.250. The van der Waals surface area contributed by atoms with Crippen LogP contribution < -0.4 is 0 Å². The van der Waals surface area contributed by atoms with Gasteiger partial charge in [-0.2, -0.15) is 0 Å². The number of halogens is 1. The summed E-state index contributed by atoms with van der Waals surface area (Å²) in [5.74, 6) is -0.0580. The van der Waals surface area contributed by atoms with E-state index in [1.54, 1.807) is 4.57 Å². The SMILES string of the molecule is Cc1c(C)n(C(=O)CCl)c2ccccc12. The molecule has 0 spiro atoms. The number of aromatic nitrogens is 1. The zero-order chi connectivity index (χ0) is 11.0. The smallest absolute Gasteiger partial charge is 0.246 e. The molecular formula is C12H12ClNO. The number of alkyl halides is 1. The van der Waals surface area contributed by atoms with E-state index in [0.29, 0.717) is 0 Å². The van der Waals surface area contributed by atoms with Crippen LogP contribution in [0, 0.1) is 13.8 Å². The third-order valence-electron chi connectivity index (χ3n) is 2.79. The maximum Gasteiger partial charge on any atom is 0.246 e. The molecule has 0 aliphatic rings. The van der Waals surface area contributed by atoms with Crippen molar-refractivity contribution in [3.05, 3.63) is 35.5 Å². The third-order valence-corrected chi connectivity index (χ3v) is 3.02. The molecule has 0 atom stereocenters. The summed E-state index contributed by atoms with van der Waals surface area (Å²) in [6.07, 6.45) is 0. The van der Waals surface area contributed by atoms with Gasteiger partial charge in [0.15, 0.2) is 0 Å². The molecule has 1 aromatic carbocycles. The molecular weight excluding hydrogens is 210 g/mol. The van der Waals surface area contributed by atoms with Gasteiger partial charge in [-0.25, -0.2) is 0 Å². The zero-order valence-electron chi connectivity index (χ0n) is 8.75. The number of aryl methyl sites for hydroxylation is 1. The first-order valence-corrected chi connectivity index (χ1v) is 5.36. The Labute approximate surface area is 93.5 Å². The summed E-state index contributed by atoms with van der Waals surface area (Å²) in [6, 6.07) is 7.87. The molecule has 1 heterocycles. The number of rotatable bonds is 1. The molecule has 15 heavy (non-hydrogen) atoms. The van der Waals surface area contributed by atoms with Gasteiger partial charge in [0.1, 0.15) is 5.88 Å². The topological polar surface area (TPSA) is 22.0 Å². The Morgan fingerprint density at radius 3 is 2.67 bits per heavy atom. The monoisotopic (exact) mass is 221 g/mol. The summed E-state index contributed by atoms with van der Waals surface area (Å²) in [7, 11) is 0. The number of fused-ring (bicyclic) bond motifs is 1. The van der Waals surface area contributed by atoms with Crippen molar-refractivity contribution in [2.45, 2.75) is 13.8 Å². The van der Waals surface area contributed by atoms with Crippen molar-refractivity contribution < 1.29 is 4.79 Å². The summed E-state index contributed by atoms with van der Waals surface area (Å²) in [5.41, 5.74) is 3.06. The molecule has 2 rings (SSSR count). The lowest BCUT2D eigenvalue weighted by Crippen LogP contribution is -2.13. The molecule has 0 amide bonds. The Morgan fingerprint density at radius 2 is 2.00 bits per heavy atom. The third kappa shape index (κ3) is 1.45. The molecule has 0 radical (unpaired) electrons.